The molecule has 0 N–H and O–H groups in total. The van der Waals surface area contributed by atoms with Gasteiger partial charge in [0.1, 0.15) is 5.54 Å². The molecule has 24 heavy (non-hydrogen) atoms. The van der Waals surface area contributed by atoms with Crippen molar-refractivity contribution in [3.05, 3.63) is 35.9 Å². The number of methoxy groups -OCH3 is 2. The van der Waals surface area contributed by atoms with Gasteiger partial charge >= 0.3 is 11.9 Å². The van der Waals surface area contributed by atoms with E-state index < -0.39 is 23.4 Å². The Labute approximate surface area is 141 Å². The van der Waals surface area contributed by atoms with E-state index in [1.165, 1.54) is 14.2 Å². The number of hydrogen-bond acceptors (Lipinski definition) is 5. The van der Waals surface area contributed by atoms with Gasteiger partial charge in [0.15, 0.2) is 0 Å². The molecule has 0 aromatic heterocycles. The maximum Gasteiger partial charge on any atom is 0.331 e. The Bertz CT molecular complexity index is 615. The maximum atomic E-state index is 12.6. The smallest absolute Gasteiger partial charge is 0.331 e. The highest BCUT2D eigenvalue weighted by molar-refractivity contribution is 5.92. The Kier molecular flexibility index (Phi) is 5.59. The van der Waals surface area contributed by atoms with Gasteiger partial charge in [0, 0.05) is 13.0 Å². The number of esters is 2. The van der Waals surface area contributed by atoms with Crippen molar-refractivity contribution in [2.24, 2.45) is 5.92 Å². The second-order valence-corrected chi connectivity index (χ2v) is 6.12. The Morgan fingerprint density at radius 2 is 1.88 bits per heavy atom. The van der Waals surface area contributed by atoms with Gasteiger partial charge in [0.25, 0.3) is 0 Å². The zero-order valence-corrected chi connectivity index (χ0v) is 14.3. The zero-order valence-electron chi connectivity index (χ0n) is 14.3. The van der Waals surface area contributed by atoms with E-state index in [2.05, 4.69) is 0 Å². The third-order valence-corrected chi connectivity index (χ3v) is 4.57. The Morgan fingerprint density at radius 3 is 2.46 bits per heavy atom. The van der Waals surface area contributed by atoms with Crippen LogP contribution in [0, 0.1) is 5.92 Å². The van der Waals surface area contributed by atoms with E-state index in [0.29, 0.717) is 13.0 Å². The van der Waals surface area contributed by atoms with Crippen molar-refractivity contribution in [3.63, 3.8) is 0 Å². The van der Waals surface area contributed by atoms with Crippen LogP contribution in [0.3, 0.4) is 0 Å². The fourth-order valence-corrected chi connectivity index (χ4v) is 3.32. The van der Waals surface area contributed by atoms with Crippen molar-refractivity contribution in [1.82, 2.24) is 4.90 Å². The summed E-state index contributed by atoms with van der Waals surface area (Å²) in [6.45, 7) is 2.00. The topological polar surface area (TPSA) is 72.9 Å². The molecule has 1 aliphatic rings. The second-order valence-electron chi connectivity index (χ2n) is 6.12. The minimum atomic E-state index is -1.13. The van der Waals surface area contributed by atoms with Crippen LogP contribution in [0.2, 0.25) is 0 Å². The highest BCUT2D eigenvalue weighted by Crippen LogP contribution is 2.38. The first-order chi connectivity index (χ1) is 11.4. The van der Waals surface area contributed by atoms with E-state index in [9.17, 15) is 14.4 Å². The first-order valence-corrected chi connectivity index (χ1v) is 7.95. The van der Waals surface area contributed by atoms with Crippen LogP contribution in [0.15, 0.2) is 30.3 Å². The number of nitrogens with zero attached hydrogens (tertiary/aromatic N) is 1. The molecule has 1 aromatic carbocycles. The van der Waals surface area contributed by atoms with Crippen LogP contribution in [0.5, 0.6) is 0 Å². The molecular weight excluding hydrogens is 310 g/mol. The number of benzene rings is 1. The molecular formula is C18H23NO5. The number of ether oxygens (including phenoxy) is 2. The standard InChI is InChI=1S/C18H23NO5/c1-13(16(21)23-2)11-18(17(22)24-3)10-9-15(20)19(18)12-14-7-5-4-6-8-14/h4-8,13H,9-12H2,1-3H3. The molecule has 1 heterocycles. The van der Waals surface area contributed by atoms with E-state index in [1.807, 2.05) is 30.3 Å². The molecule has 1 aliphatic heterocycles. The highest BCUT2D eigenvalue weighted by atomic mass is 16.5. The number of hydrogen-bond donors (Lipinski definition) is 0. The average Bonchev–Trinajstić information content (AvgIpc) is 2.91. The predicted molar refractivity (Wildman–Crippen MR) is 86.8 cm³/mol. The lowest BCUT2D eigenvalue weighted by molar-refractivity contribution is -0.161. The quantitative estimate of drug-likeness (QED) is 0.744. The van der Waals surface area contributed by atoms with Crippen LogP contribution in [-0.4, -0.2) is 42.5 Å². The maximum absolute atomic E-state index is 12.6. The van der Waals surface area contributed by atoms with Crippen LogP contribution in [0.4, 0.5) is 0 Å². The molecule has 1 aromatic rings. The summed E-state index contributed by atoms with van der Waals surface area (Å²) < 4.78 is 9.75. The van der Waals surface area contributed by atoms with Gasteiger partial charge in [-0.15, -0.1) is 0 Å². The van der Waals surface area contributed by atoms with Gasteiger partial charge in [-0.05, 0) is 18.4 Å². The normalized spacial score (nSPS) is 21.5. The molecule has 1 fully saturated rings. The Hall–Kier alpha value is -2.37. The lowest BCUT2D eigenvalue weighted by Crippen LogP contribution is -2.53. The van der Waals surface area contributed by atoms with E-state index >= 15 is 0 Å². The number of carbonyl (C=O) groups excluding carboxylic acids is 3. The summed E-state index contributed by atoms with van der Waals surface area (Å²) in [6.07, 6.45) is 0.785. The third kappa shape index (κ3) is 3.42. The van der Waals surface area contributed by atoms with Gasteiger partial charge < -0.3 is 14.4 Å². The molecule has 0 aliphatic carbocycles. The number of carbonyl (C=O) groups is 3. The van der Waals surface area contributed by atoms with Gasteiger partial charge in [-0.2, -0.15) is 0 Å². The lowest BCUT2D eigenvalue weighted by Gasteiger charge is -2.37. The van der Waals surface area contributed by atoms with Crippen LogP contribution >= 0.6 is 0 Å². The monoisotopic (exact) mass is 333 g/mol. The molecule has 2 atom stereocenters. The van der Waals surface area contributed by atoms with E-state index in [1.54, 1.807) is 11.8 Å². The number of rotatable bonds is 6. The van der Waals surface area contributed by atoms with E-state index in [-0.39, 0.29) is 18.7 Å². The molecule has 2 rings (SSSR count). The summed E-state index contributed by atoms with van der Waals surface area (Å²) in [5.74, 6) is -1.52. The van der Waals surface area contributed by atoms with Gasteiger partial charge in [0.2, 0.25) is 5.91 Å². The Balaban J connectivity index is 2.34. The molecule has 0 bridgehead atoms. The molecule has 2 unspecified atom stereocenters. The van der Waals surface area contributed by atoms with E-state index in [4.69, 9.17) is 9.47 Å². The summed E-state index contributed by atoms with van der Waals surface area (Å²) in [5, 5.41) is 0. The van der Waals surface area contributed by atoms with Gasteiger partial charge in [0.05, 0.1) is 20.1 Å². The second kappa shape index (κ2) is 7.47. The first kappa shape index (κ1) is 18.0. The number of amides is 1. The molecule has 6 nitrogen and oxygen atoms in total. The largest absolute Gasteiger partial charge is 0.469 e. The SMILES string of the molecule is COC(=O)C(C)CC1(C(=O)OC)CCC(=O)N1Cc1ccccc1. The fourth-order valence-electron chi connectivity index (χ4n) is 3.32. The fraction of sp³-hybridized carbons (Fsp3) is 0.500. The van der Waals surface area contributed by atoms with Crippen molar-refractivity contribution in [2.45, 2.75) is 38.3 Å². The summed E-state index contributed by atoms with van der Waals surface area (Å²) in [7, 11) is 2.61. The minimum Gasteiger partial charge on any atom is -0.469 e. The van der Waals surface area contributed by atoms with Gasteiger partial charge in [-0.3, -0.25) is 9.59 Å². The summed E-state index contributed by atoms with van der Waals surface area (Å²) in [4.78, 5) is 38.4. The third-order valence-electron chi connectivity index (χ3n) is 4.57. The summed E-state index contributed by atoms with van der Waals surface area (Å²) in [5.41, 5.74) is -0.207. The molecule has 6 heteroatoms. The zero-order chi connectivity index (χ0) is 17.7. The molecule has 0 spiro atoms. The summed E-state index contributed by atoms with van der Waals surface area (Å²) in [6, 6.07) is 9.45. The first-order valence-electron chi connectivity index (χ1n) is 7.95. The molecule has 1 amide bonds. The van der Waals surface area contributed by atoms with Crippen molar-refractivity contribution < 1.29 is 23.9 Å². The predicted octanol–water partition coefficient (Wildman–Crippen LogP) is 1.92. The molecule has 0 radical (unpaired) electrons. The van der Waals surface area contributed by atoms with E-state index in [0.717, 1.165) is 5.56 Å². The van der Waals surface area contributed by atoms with Crippen LogP contribution < -0.4 is 0 Å². The van der Waals surface area contributed by atoms with Gasteiger partial charge in [-0.1, -0.05) is 37.3 Å². The highest BCUT2D eigenvalue weighted by Gasteiger charge is 2.53. The Morgan fingerprint density at radius 1 is 1.21 bits per heavy atom. The van der Waals surface area contributed by atoms with Crippen LogP contribution in [0.25, 0.3) is 0 Å². The molecule has 1 saturated heterocycles. The molecule has 0 saturated carbocycles. The van der Waals surface area contributed by atoms with Crippen LogP contribution in [0.1, 0.15) is 31.7 Å². The lowest BCUT2D eigenvalue weighted by atomic mass is 9.85. The van der Waals surface area contributed by atoms with Crippen molar-refractivity contribution >= 4 is 17.8 Å². The van der Waals surface area contributed by atoms with Crippen LogP contribution in [-0.2, 0) is 30.4 Å². The summed E-state index contributed by atoms with van der Waals surface area (Å²) >= 11 is 0. The van der Waals surface area contributed by atoms with Crippen molar-refractivity contribution in [2.75, 3.05) is 14.2 Å². The minimum absolute atomic E-state index is 0.110. The average molecular weight is 333 g/mol. The van der Waals surface area contributed by atoms with Gasteiger partial charge in [-0.25, -0.2) is 4.79 Å². The van der Waals surface area contributed by atoms with Crippen molar-refractivity contribution in [3.8, 4) is 0 Å². The number of likely N-dealkylation sites (tertiary alicyclic amines) is 1. The molecule has 130 valence electrons. The van der Waals surface area contributed by atoms with Crippen molar-refractivity contribution in [1.29, 1.82) is 0 Å².